The fraction of sp³-hybridized carbons (Fsp3) is 0.375. The van der Waals surface area contributed by atoms with Gasteiger partial charge in [-0.25, -0.2) is 13.7 Å². The quantitative estimate of drug-likeness (QED) is 0.115. The number of benzene rings is 3. The molecule has 2 aliphatic rings. The molecule has 0 spiro atoms. The van der Waals surface area contributed by atoms with E-state index in [4.69, 9.17) is 30.5 Å². The molecule has 272 valence electrons. The molecule has 1 saturated heterocycles. The lowest BCUT2D eigenvalue weighted by molar-refractivity contribution is -0.148. The summed E-state index contributed by atoms with van der Waals surface area (Å²) in [6, 6.07) is 17.7. The monoisotopic (exact) mass is 727 g/mol. The molecule has 0 unspecified atom stereocenters. The Balaban J connectivity index is 1.24. The number of aromatic nitrogens is 3. The Morgan fingerprint density at radius 1 is 0.981 bits per heavy atom. The van der Waals surface area contributed by atoms with Gasteiger partial charge in [0.2, 0.25) is 12.0 Å². The van der Waals surface area contributed by atoms with E-state index in [1.807, 2.05) is 49.5 Å². The Hall–Kier alpha value is -4.71. The molecule has 0 N–H and O–H groups in total. The number of para-hydroxylation sites is 1. The number of hydrogen-bond donors (Lipinski definition) is 0. The zero-order chi connectivity index (χ0) is 36.2. The molecule has 1 atom stereocenters. The summed E-state index contributed by atoms with van der Waals surface area (Å²) in [4.78, 5) is 22.5. The molecule has 7 rings (SSSR count). The molecule has 1 saturated carbocycles. The molecule has 0 bridgehead atoms. The molecule has 1 aliphatic carbocycles. The van der Waals surface area contributed by atoms with Gasteiger partial charge in [0.05, 0.1) is 18.7 Å². The van der Waals surface area contributed by atoms with Gasteiger partial charge in [0, 0.05) is 56.5 Å². The highest BCUT2D eigenvalue weighted by molar-refractivity contribution is 6.33. The number of methoxy groups -OCH3 is 1. The molecule has 2 fully saturated rings. The molecule has 10 nitrogen and oxygen atoms in total. The third-order valence-electron chi connectivity index (χ3n) is 9.84. The fourth-order valence-corrected chi connectivity index (χ4v) is 6.75. The topological polar surface area (TPSA) is 90.7 Å². The smallest absolute Gasteiger partial charge is 0.347 e. The van der Waals surface area contributed by atoms with E-state index in [1.165, 1.54) is 25.6 Å². The maximum atomic E-state index is 14.1. The second-order valence-electron chi connectivity index (χ2n) is 13.5. The first kappa shape index (κ1) is 35.7. The van der Waals surface area contributed by atoms with Crippen LogP contribution in [0.1, 0.15) is 24.0 Å². The van der Waals surface area contributed by atoms with Crippen molar-refractivity contribution in [1.82, 2.24) is 24.4 Å². The number of likely N-dealkylation sites (N-methyl/N-ethyl adjacent to an activating group) is 1. The minimum atomic E-state index is -1.05. The Morgan fingerprint density at radius 3 is 2.50 bits per heavy atom. The average molecular weight is 728 g/mol. The first-order valence-corrected chi connectivity index (χ1v) is 18.1. The van der Waals surface area contributed by atoms with Gasteiger partial charge in [0.15, 0.2) is 0 Å². The second kappa shape index (κ2) is 15.9. The highest BCUT2D eigenvalue weighted by Gasteiger charge is 2.29. The fourth-order valence-electron chi connectivity index (χ4n) is 6.53. The Labute approximate surface area is 308 Å². The number of rotatable bonds is 14. The van der Waals surface area contributed by atoms with Gasteiger partial charge >= 0.3 is 5.97 Å². The van der Waals surface area contributed by atoms with Crippen molar-refractivity contribution in [3.05, 3.63) is 95.2 Å². The number of carbonyl (C=O) groups is 1. The summed E-state index contributed by atoms with van der Waals surface area (Å²) in [6.07, 6.45) is 4.68. The molecule has 3 heterocycles. The van der Waals surface area contributed by atoms with Crippen LogP contribution in [-0.2, 0) is 16.0 Å². The summed E-state index contributed by atoms with van der Waals surface area (Å²) < 4.78 is 39.8. The number of ether oxygens (including phenoxy) is 4. The van der Waals surface area contributed by atoms with E-state index in [1.54, 1.807) is 16.6 Å². The van der Waals surface area contributed by atoms with E-state index in [0.717, 1.165) is 73.4 Å². The van der Waals surface area contributed by atoms with Gasteiger partial charge in [-0.2, -0.15) is 10.1 Å². The van der Waals surface area contributed by atoms with E-state index in [2.05, 4.69) is 26.9 Å². The van der Waals surface area contributed by atoms with E-state index >= 15 is 0 Å². The molecular formula is C40H43ClFN5O5. The Morgan fingerprint density at radius 2 is 1.75 bits per heavy atom. The summed E-state index contributed by atoms with van der Waals surface area (Å²) in [5, 5.41) is 5.00. The predicted octanol–water partition coefficient (Wildman–Crippen LogP) is 6.74. The van der Waals surface area contributed by atoms with Crippen LogP contribution in [0.3, 0.4) is 0 Å². The molecule has 3 aromatic carbocycles. The lowest BCUT2D eigenvalue weighted by Crippen LogP contribution is -2.45. The first-order valence-electron chi connectivity index (χ1n) is 17.7. The maximum Gasteiger partial charge on any atom is 0.347 e. The van der Waals surface area contributed by atoms with E-state index in [0.29, 0.717) is 46.7 Å². The number of piperazine rings is 1. The van der Waals surface area contributed by atoms with Gasteiger partial charge in [-0.15, -0.1) is 0 Å². The summed E-state index contributed by atoms with van der Waals surface area (Å²) in [7, 11) is 3.47. The van der Waals surface area contributed by atoms with Crippen LogP contribution >= 0.6 is 11.6 Å². The zero-order valence-electron chi connectivity index (χ0n) is 29.7. The minimum absolute atomic E-state index is 0.174. The lowest BCUT2D eigenvalue weighted by Gasteiger charge is -2.32. The van der Waals surface area contributed by atoms with E-state index < -0.39 is 12.1 Å². The van der Waals surface area contributed by atoms with Crippen LogP contribution in [0.15, 0.2) is 73.2 Å². The third kappa shape index (κ3) is 8.01. The van der Waals surface area contributed by atoms with Crippen LogP contribution in [0, 0.1) is 18.7 Å². The van der Waals surface area contributed by atoms with Crippen molar-refractivity contribution >= 4 is 23.1 Å². The highest BCUT2D eigenvalue weighted by Crippen LogP contribution is 2.44. The molecule has 12 heteroatoms. The number of hydrogen-bond acceptors (Lipinski definition) is 9. The second-order valence-corrected chi connectivity index (χ2v) is 13.9. The van der Waals surface area contributed by atoms with Crippen molar-refractivity contribution in [2.75, 3.05) is 60.1 Å². The Bertz CT molecular complexity index is 2030. The van der Waals surface area contributed by atoms with Crippen molar-refractivity contribution in [2.24, 2.45) is 5.92 Å². The van der Waals surface area contributed by atoms with Crippen LogP contribution in [0.5, 0.6) is 17.4 Å². The molecule has 52 heavy (non-hydrogen) atoms. The average Bonchev–Trinajstić information content (AvgIpc) is 3.91. The van der Waals surface area contributed by atoms with Crippen molar-refractivity contribution in [3.8, 4) is 39.6 Å². The number of halogens is 2. The van der Waals surface area contributed by atoms with Crippen molar-refractivity contribution in [3.63, 3.8) is 0 Å². The number of nitrogens with zero attached hydrogens (tertiary/aromatic N) is 5. The third-order valence-corrected chi connectivity index (χ3v) is 10.3. The van der Waals surface area contributed by atoms with Crippen molar-refractivity contribution in [1.29, 1.82) is 0 Å². The molecular weight excluding hydrogens is 685 g/mol. The number of carbonyl (C=O) groups excluding carboxylic acids is 1. The van der Waals surface area contributed by atoms with Crippen LogP contribution in [0.2, 0.25) is 5.02 Å². The van der Waals surface area contributed by atoms with E-state index in [9.17, 15) is 9.18 Å². The molecule has 0 amide bonds. The number of esters is 1. The van der Waals surface area contributed by atoms with Gasteiger partial charge in [-0.3, -0.25) is 4.90 Å². The van der Waals surface area contributed by atoms with Crippen LogP contribution in [0.4, 0.5) is 4.39 Å². The normalized spacial score (nSPS) is 15.8. The first-order chi connectivity index (χ1) is 25.3. The van der Waals surface area contributed by atoms with Gasteiger partial charge in [-0.1, -0.05) is 48.0 Å². The lowest BCUT2D eigenvalue weighted by atomic mass is 9.94. The summed E-state index contributed by atoms with van der Waals surface area (Å²) in [5.41, 5.74) is 5.10. The van der Waals surface area contributed by atoms with Crippen LogP contribution < -0.4 is 14.2 Å². The van der Waals surface area contributed by atoms with Crippen LogP contribution in [0.25, 0.3) is 27.8 Å². The SMILES string of the molecule is COC(=O)[C@@H](Cc1ccccc1OCC1CC1)Oc1ncnn2cc(-c3ccc(F)cc3)c(-c3ccc(OCCN4CCN(C)CC4)c(Cl)c3C)c12. The predicted molar refractivity (Wildman–Crippen MR) is 198 cm³/mol. The minimum Gasteiger partial charge on any atom is -0.493 e. The highest BCUT2D eigenvalue weighted by atomic mass is 35.5. The molecule has 1 aliphatic heterocycles. The Kier molecular flexibility index (Phi) is 10.9. The summed E-state index contributed by atoms with van der Waals surface area (Å²) in [5.74, 6) is 1.13. The molecule has 2 aromatic heterocycles. The zero-order valence-corrected chi connectivity index (χ0v) is 30.4. The van der Waals surface area contributed by atoms with Crippen LogP contribution in [-0.4, -0.2) is 96.6 Å². The summed E-state index contributed by atoms with van der Waals surface area (Å²) >= 11 is 7.03. The van der Waals surface area contributed by atoms with Crippen molar-refractivity contribution < 1.29 is 28.1 Å². The maximum absolute atomic E-state index is 14.1. The van der Waals surface area contributed by atoms with E-state index in [-0.39, 0.29) is 18.1 Å². The summed E-state index contributed by atoms with van der Waals surface area (Å²) in [6.45, 7) is 7.96. The molecule has 0 radical (unpaired) electrons. The van der Waals surface area contributed by atoms with Gasteiger partial charge < -0.3 is 23.8 Å². The molecule has 5 aromatic rings. The standard InChI is InChI=1S/C40H43ClFN5O5/c1-26-31(14-15-34(37(26)41)50-21-20-46-18-16-45(2)17-19-46)36-32(28-10-12-30(42)13-11-28)23-47-38(36)39(43-25-44-47)52-35(40(48)49-3)22-29-6-4-5-7-33(29)51-24-27-8-9-27/h4-7,10-15,23,25,27,35H,8-9,16-22,24H2,1-3H3/t35-/m1/s1. The number of fused-ring (bicyclic) bond motifs is 1. The van der Waals surface area contributed by atoms with Gasteiger partial charge in [-0.05, 0) is 79.3 Å². The van der Waals surface area contributed by atoms with Gasteiger partial charge in [0.25, 0.3) is 0 Å². The van der Waals surface area contributed by atoms with Gasteiger partial charge in [0.1, 0.15) is 35.8 Å². The largest absolute Gasteiger partial charge is 0.493 e. The van der Waals surface area contributed by atoms with Crippen molar-refractivity contribution in [2.45, 2.75) is 32.3 Å².